The molecule has 0 aliphatic carbocycles. The highest BCUT2D eigenvalue weighted by Crippen LogP contribution is 2.25. The van der Waals surface area contributed by atoms with E-state index in [2.05, 4.69) is 9.97 Å². The molecule has 1 aromatic heterocycles. The highest BCUT2D eigenvalue weighted by molar-refractivity contribution is 5.92. The van der Waals surface area contributed by atoms with Crippen molar-refractivity contribution >= 4 is 22.8 Å². The first-order valence-corrected chi connectivity index (χ1v) is 7.70. The minimum atomic E-state index is -0.614. The smallest absolute Gasteiger partial charge is 0.248 e. The monoisotopic (exact) mass is 340 g/mol. The zero-order valence-corrected chi connectivity index (χ0v) is 13.4. The number of nitrogens with two attached hydrogens (primary N) is 2. The molecule has 4 N–H and O–H groups in total. The summed E-state index contributed by atoms with van der Waals surface area (Å²) < 4.78 is 17.7. The molecule has 128 valence electrons. The quantitative estimate of drug-likeness (QED) is 0.716. The van der Waals surface area contributed by atoms with E-state index in [9.17, 15) is 9.18 Å². The molecule has 0 aliphatic heterocycles. The topological polar surface area (TPSA) is 104 Å². The second kappa shape index (κ2) is 7.12. The van der Waals surface area contributed by atoms with Gasteiger partial charge in [0.2, 0.25) is 17.7 Å². The molecule has 0 unspecified atom stereocenters. The van der Waals surface area contributed by atoms with E-state index in [-0.39, 0.29) is 18.4 Å². The number of rotatable bonds is 6. The summed E-state index contributed by atoms with van der Waals surface area (Å²) in [7, 11) is 0. The number of aromatic nitrogens is 2. The van der Waals surface area contributed by atoms with Crippen molar-refractivity contribution < 1.29 is 13.9 Å². The second-order valence-corrected chi connectivity index (χ2v) is 5.51. The number of amides is 1. The molecule has 0 bridgehead atoms. The van der Waals surface area contributed by atoms with Gasteiger partial charge in [-0.3, -0.25) is 4.79 Å². The Morgan fingerprint density at radius 2 is 1.80 bits per heavy atom. The lowest BCUT2D eigenvalue weighted by atomic mass is 10.0. The fourth-order valence-electron chi connectivity index (χ4n) is 2.54. The molecule has 1 amide bonds. The molecule has 1 heterocycles. The van der Waals surface area contributed by atoms with Crippen LogP contribution in [0.25, 0.3) is 10.9 Å². The standard InChI is InChI=1S/C18H17FN4O2/c19-7-8-25-17-14-10-12(3-6-15(14)22-18(21)23-17)9-11-1-4-13(5-2-11)16(20)24/h1-6,10H,7-9H2,(H2,20,24)(H2,21,22,23). The molecule has 0 spiro atoms. The van der Waals surface area contributed by atoms with Crippen LogP contribution in [0.4, 0.5) is 10.3 Å². The maximum absolute atomic E-state index is 12.4. The number of halogens is 1. The highest BCUT2D eigenvalue weighted by Gasteiger charge is 2.09. The molecular weight excluding hydrogens is 323 g/mol. The number of carbonyl (C=O) groups excluding carboxylic acids is 1. The van der Waals surface area contributed by atoms with Gasteiger partial charge in [0, 0.05) is 5.56 Å². The van der Waals surface area contributed by atoms with E-state index in [0.717, 1.165) is 11.1 Å². The maximum Gasteiger partial charge on any atom is 0.248 e. The fraction of sp³-hybridized carbons (Fsp3) is 0.167. The summed E-state index contributed by atoms with van der Waals surface area (Å²) >= 11 is 0. The minimum Gasteiger partial charge on any atom is -0.474 e. The largest absolute Gasteiger partial charge is 0.474 e. The Labute approximate surface area is 143 Å². The van der Waals surface area contributed by atoms with Crippen LogP contribution >= 0.6 is 0 Å². The average molecular weight is 340 g/mol. The molecule has 0 atom stereocenters. The molecular formula is C18H17FN4O2. The maximum atomic E-state index is 12.4. The average Bonchev–Trinajstić information content (AvgIpc) is 2.60. The van der Waals surface area contributed by atoms with Gasteiger partial charge in [-0.1, -0.05) is 18.2 Å². The Kier molecular flexibility index (Phi) is 4.74. The predicted molar refractivity (Wildman–Crippen MR) is 93.2 cm³/mol. The minimum absolute atomic E-state index is 0.0798. The molecule has 7 heteroatoms. The van der Waals surface area contributed by atoms with Crippen molar-refractivity contribution in [3.05, 3.63) is 59.2 Å². The van der Waals surface area contributed by atoms with Crippen LogP contribution in [0.3, 0.4) is 0 Å². The summed E-state index contributed by atoms with van der Waals surface area (Å²) in [6, 6.07) is 12.7. The zero-order valence-electron chi connectivity index (χ0n) is 13.4. The van der Waals surface area contributed by atoms with Crippen molar-refractivity contribution in [1.82, 2.24) is 9.97 Å². The number of alkyl halides is 1. The number of hydrogen-bond acceptors (Lipinski definition) is 5. The summed E-state index contributed by atoms with van der Waals surface area (Å²) in [6.45, 7) is -0.707. The Hall–Kier alpha value is -3.22. The molecule has 0 saturated heterocycles. The molecule has 0 fully saturated rings. The van der Waals surface area contributed by atoms with Gasteiger partial charge in [0.25, 0.3) is 0 Å². The summed E-state index contributed by atoms with van der Waals surface area (Å²) in [5.74, 6) is -0.108. The number of anilines is 1. The van der Waals surface area contributed by atoms with Crippen molar-refractivity contribution in [1.29, 1.82) is 0 Å². The van der Waals surface area contributed by atoms with E-state index < -0.39 is 12.6 Å². The van der Waals surface area contributed by atoms with Crippen LogP contribution in [0.1, 0.15) is 21.5 Å². The number of benzene rings is 2. The zero-order chi connectivity index (χ0) is 17.8. The highest BCUT2D eigenvalue weighted by atomic mass is 19.1. The number of fused-ring (bicyclic) bond motifs is 1. The summed E-state index contributed by atoms with van der Waals surface area (Å²) in [6.07, 6.45) is 0.641. The van der Waals surface area contributed by atoms with E-state index in [0.29, 0.717) is 22.9 Å². The Balaban J connectivity index is 1.91. The van der Waals surface area contributed by atoms with E-state index in [4.69, 9.17) is 16.2 Å². The number of primary amides is 1. The Morgan fingerprint density at radius 3 is 2.48 bits per heavy atom. The van der Waals surface area contributed by atoms with Gasteiger partial charge < -0.3 is 16.2 Å². The number of ether oxygens (including phenoxy) is 1. The number of nitrogen functional groups attached to an aromatic ring is 1. The Bertz CT molecular complexity index is 913. The molecule has 3 rings (SSSR count). The van der Waals surface area contributed by atoms with Gasteiger partial charge in [-0.2, -0.15) is 4.98 Å². The normalized spacial score (nSPS) is 10.8. The number of nitrogens with zero attached hydrogens (tertiary/aromatic N) is 2. The van der Waals surface area contributed by atoms with Crippen molar-refractivity contribution in [2.24, 2.45) is 5.73 Å². The first-order valence-electron chi connectivity index (χ1n) is 7.70. The predicted octanol–water partition coefficient (Wildman–Crippen LogP) is 2.25. The van der Waals surface area contributed by atoms with Crippen LogP contribution in [0.5, 0.6) is 5.88 Å². The van der Waals surface area contributed by atoms with Gasteiger partial charge in [-0.05, 0) is 41.8 Å². The van der Waals surface area contributed by atoms with Gasteiger partial charge in [0.1, 0.15) is 13.3 Å². The van der Waals surface area contributed by atoms with E-state index in [1.165, 1.54) is 0 Å². The third-order valence-corrected chi connectivity index (χ3v) is 3.71. The summed E-state index contributed by atoms with van der Waals surface area (Å²) in [4.78, 5) is 19.3. The van der Waals surface area contributed by atoms with Gasteiger partial charge in [-0.25, -0.2) is 9.37 Å². The molecule has 0 aliphatic rings. The van der Waals surface area contributed by atoms with Crippen LogP contribution in [-0.2, 0) is 6.42 Å². The van der Waals surface area contributed by atoms with Crippen LogP contribution < -0.4 is 16.2 Å². The number of carbonyl (C=O) groups is 1. The summed E-state index contributed by atoms with van der Waals surface area (Å²) in [5.41, 5.74) is 14.0. The lowest BCUT2D eigenvalue weighted by Crippen LogP contribution is -2.10. The SMILES string of the molecule is NC(=O)c1ccc(Cc2ccc3nc(N)nc(OCCF)c3c2)cc1. The fourth-order valence-corrected chi connectivity index (χ4v) is 2.54. The third kappa shape index (κ3) is 3.82. The van der Waals surface area contributed by atoms with E-state index in [1.54, 1.807) is 12.1 Å². The van der Waals surface area contributed by atoms with Gasteiger partial charge in [0.05, 0.1) is 10.9 Å². The molecule has 0 radical (unpaired) electrons. The molecule has 6 nitrogen and oxygen atoms in total. The van der Waals surface area contributed by atoms with Gasteiger partial charge in [0.15, 0.2) is 0 Å². The lowest BCUT2D eigenvalue weighted by Gasteiger charge is -2.09. The van der Waals surface area contributed by atoms with Crippen LogP contribution in [0.15, 0.2) is 42.5 Å². The Morgan fingerprint density at radius 1 is 1.08 bits per heavy atom. The van der Waals surface area contributed by atoms with Crippen molar-refractivity contribution in [2.45, 2.75) is 6.42 Å². The summed E-state index contributed by atoms with van der Waals surface area (Å²) in [5, 5.41) is 0.675. The van der Waals surface area contributed by atoms with Gasteiger partial charge in [-0.15, -0.1) is 0 Å². The first-order chi connectivity index (χ1) is 12.1. The van der Waals surface area contributed by atoms with E-state index in [1.807, 2.05) is 30.3 Å². The van der Waals surface area contributed by atoms with Crippen LogP contribution in [-0.4, -0.2) is 29.2 Å². The molecule has 3 aromatic rings. The second-order valence-electron chi connectivity index (χ2n) is 5.51. The first kappa shape index (κ1) is 16.6. The van der Waals surface area contributed by atoms with Crippen molar-refractivity contribution in [3.8, 4) is 5.88 Å². The molecule has 2 aromatic carbocycles. The van der Waals surface area contributed by atoms with Crippen molar-refractivity contribution in [2.75, 3.05) is 19.0 Å². The van der Waals surface area contributed by atoms with Crippen molar-refractivity contribution in [3.63, 3.8) is 0 Å². The van der Waals surface area contributed by atoms with Gasteiger partial charge >= 0.3 is 0 Å². The van der Waals surface area contributed by atoms with Crippen LogP contribution in [0.2, 0.25) is 0 Å². The third-order valence-electron chi connectivity index (χ3n) is 3.71. The van der Waals surface area contributed by atoms with E-state index >= 15 is 0 Å². The number of hydrogen-bond donors (Lipinski definition) is 2. The van der Waals surface area contributed by atoms with Crippen LogP contribution in [0, 0.1) is 0 Å². The molecule has 0 saturated carbocycles. The lowest BCUT2D eigenvalue weighted by molar-refractivity contribution is 0.100. The molecule has 25 heavy (non-hydrogen) atoms.